The number of benzene rings is 2. The molecule has 152 valence electrons. The minimum absolute atomic E-state index is 0.0166. The van der Waals surface area contributed by atoms with Gasteiger partial charge in [-0.25, -0.2) is 8.78 Å². The van der Waals surface area contributed by atoms with Crippen LogP contribution in [0.5, 0.6) is 0 Å². The first-order chi connectivity index (χ1) is 13.6. The molecule has 1 aromatic heterocycles. The molecule has 1 atom stereocenters. The Kier molecular flexibility index (Phi) is 5.37. The van der Waals surface area contributed by atoms with Gasteiger partial charge in [0.2, 0.25) is 5.91 Å². The molecule has 3 aromatic rings. The quantitative estimate of drug-likeness (QED) is 0.690. The monoisotopic (exact) mass is 400 g/mol. The Morgan fingerprint density at radius 3 is 2.38 bits per heavy atom. The number of primary amides is 1. The van der Waals surface area contributed by atoms with Crippen LogP contribution >= 0.6 is 0 Å². The molecule has 6 nitrogen and oxygen atoms in total. The molecular formula is C21H22F2N4O2. The van der Waals surface area contributed by atoms with Gasteiger partial charge >= 0.3 is 0 Å². The van der Waals surface area contributed by atoms with Gasteiger partial charge in [0.25, 0.3) is 5.91 Å². The van der Waals surface area contributed by atoms with E-state index in [4.69, 9.17) is 5.73 Å². The van der Waals surface area contributed by atoms with Crippen LogP contribution in [0.4, 0.5) is 8.78 Å². The molecule has 2 aromatic carbocycles. The molecule has 0 spiro atoms. The average molecular weight is 400 g/mol. The molecule has 3 rings (SSSR count). The molecule has 0 saturated carbocycles. The standard InChI is InChI=1S/C21H22F2N4O2/c1-21(2,3)18(19(24)28)25-20(29)16-14-5-4-6-15(23)17(14)27(26-16)11-12-7-9-13(22)10-8-12/h4-10,18H,11H2,1-3H3,(H2,24,28)(H,25,29)/t18-/m1/s1. The van der Waals surface area contributed by atoms with E-state index in [-0.39, 0.29) is 23.6 Å². The molecule has 29 heavy (non-hydrogen) atoms. The Morgan fingerprint density at radius 1 is 1.14 bits per heavy atom. The van der Waals surface area contributed by atoms with Gasteiger partial charge in [0.05, 0.1) is 6.54 Å². The molecule has 3 N–H and O–H groups in total. The predicted octanol–water partition coefficient (Wildman–Crippen LogP) is 2.99. The third-order valence-electron chi connectivity index (χ3n) is 4.61. The third-order valence-corrected chi connectivity index (χ3v) is 4.61. The van der Waals surface area contributed by atoms with Crippen molar-refractivity contribution in [1.29, 1.82) is 0 Å². The largest absolute Gasteiger partial charge is 0.368 e. The van der Waals surface area contributed by atoms with Gasteiger partial charge < -0.3 is 11.1 Å². The zero-order chi connectivity index (χ0) is 21.3. The van der Waals surface area contributed by atoms with Gasteiger partial charge in [0.15, 0.2) is 5.69 Å². The zero-order valence-electron chi connectivity index (χ0n) is 16.4. The molecule has 0 aliphatic rings. The second-order valence-electron chi connectivity index (χ2n) is 7.94. The first-order valence-electron chi connectivity index (χ1n) is 9.07. The summed E-state index contributed by atoms with van der Waals surface area (Å²) < 4.78 is 29.1. The minimum Gasteiger partial charge on any atom is -0.368 e. The van der Waals surface area contributed by atoms with Gasteiger partial charge in [-0.2, -0.15) is 5.10 Å². The summed E-state index contributed by atoms with van der Waals surface area (Å²) in [7, 11) is 0. The van der Waals surface area contributed by atoms with Crippen molar-refractivity contribution in [3.63, 3.8) is 0 Å². The van der Waals surface area contributed by atoms with Crippen LogP contribution in [0.25, 0.3) is 10.9 Å². The molecule has 2 amide bonds. The Bertz CT molecular complexity index is 1070. The van der Waals surface area contributed by atoms with Crippen LogP contribution in [0, 0.1) is 17.0 Å². The van der Waals surface area contributed by atoms with Crippen LogP contribution in [0.1, 0.15) is 36.8 Å². The SMILES string of the molecule is CC(C)(C)[C@H](NC(=O)c1nn(Cc2ccc(F)cc2)c2c(F)cccc12)C(N)=O. The van der Waals surface area contributed by atoms with Crippen LogP contribution in [0.15, 0.2) is 42.5 Å². The lowest BCUT2D eigenvalue weighted by atomic mass is 9.86. The van der Waals surface area contributed by atoms with Gasteiger partial charge in [-0.3, -0.25) is 14.3 Å². The molecule has 0 saturated heterocycles. The average Bonchev–Trinajstić information content (AvgIpc) is 3.00. The number of hydrogen-bond donors (Lipinski definition) is 2. The molecule has 0 unspecified atom stereocenters. The lowest BCUT2D eigenvalue weighted by Crippen LogP contribution is -2.52. The van der Waals surface area contributed by atoms with E-state index in [0.29, 0.717) is 10.9 Å². The van der Waals surface area contributed by atoms with E-state index < -0.39 is 29.1 Å². The highest BCUT2D eigenvalue weighted by molar-refractivity contribution is 6.06. The van der Waals surface area contributed by atoms with Crippen molar-refractivity contribution in [2.45, 2.75) is 33.4 Å². The second-order valence-corrected chi connectivity index (χ2v) is 7.94. The summed E-state index contributed by atoms with van der Waals surface area (Å²) in [5, 5.41) is 7.20. The maximum Gasteiger partial charge on any atom is 0.273 e. The number of aromatic nitrogens is 2. The van der Waals surface area contributed by atoms with Gasteiger partial charge in [0.1, 0.15) is 23.2 Å². The molecule has 0 aliphatic carbocycles. The first-order valence-corrected chi connectivity index (χ1v) is 9.07. The van der Waals surface area contributed by atoms with Crippen molar-refractivity contribution < 1.29 is 18.4 Å². The highest BCUT2D eigenvalue weighted by atomic mass is 19.1. The fraction of sp³-hybridized carbons (Fsp3) is 0.286. The lowest BCUT2D eigenvalue weighted by molar-refractivity contribution is -0.122. The summed E-state index contributed by atoms with van der Waals surface area (Å²) >= 11 is 0. The van der Waals surface area contributed by atoms with Crippen molar-refractivity contribution >= 4 is 22.7 Å². The summed E-state index contributed by atoms with van der Waals surface area (Å²) in [6, 6.07) is 9.12. The molecular weight excluding hydrogens is 378 g/mol. The molecule has 1 heterocycles. The molecule has 0 aliphatic heterocycles. The Hall–Kier alpha value is -3.29. The predicted molar refractivity (Wildman–Crippen MR) is 105 cm³/mol. The number of halogens is 2. The van der Waals surface area contributed by atoms with Crippen molar-refractivity contribution in [3.05, 3.63) is 65.4 Å². The molecule has 0 radical (unpaired) electrons. The molecule has 8 heteroatoms. The fourth-order valence-electron chi connectivity index (χ4n) is 3.15. The fourth-order valence-corrected chi connectivity index (χ4v) is 3.15. The van der Waals surface area contributed by atoms with E-state index >= 15 is 0 Å². The van der Waals surface area contributed by atoms with Crippen molar-refractivity contribution in [1.82, 2.24) is 15.1 Å². The molecule has 0 fully saturated rings. The number of nitrogens with zero attached hydrogens (tertiary/aromatic N) is 2. The van der Waals surface area contributed by atoms with E-state index in [1.165, 1.54) is 28.9 Å². The van der Waals surface area contributed by atoms with Gasteiger partial charge in [0, 0.05) is 5.39 Å². The van der Waals surface area contributed by atoms with E-state index in [0.717, 1.165) is 0 Å². The van der Waals surface area contributed by atoms with Gasteiger partial charge in [-0.15, -0.1) is 0 Å². The highest BCUT2D eigenvalue weighted by Gasteiger charge is 2.32. The number of rotatable bonds is 5. The zero-order valence-corrected chi connectivity index (χ0v) is 16.4. The van der Waals surface area contributed by atoms with Crippen molar-refractivity contribution in [2.24, 2.45) is 11.1 Å². The maximum atomic E-state index is 14.5. The number of nitrogens with two attached hydrogens (primary N) is 1. The van der Waals surface area contributed by atoms with Crippen LogP contribution in [0.2, 0.25) is 0 Å². The summed E-state index contributed by atoms with van der Waals surface area (Å²) in [6.07, 6.45) is 0. The van der Waals surface area contributed by atoms with Crippen molar-refractivity contribution in [2.75, 3.05) is 0 Å². The number of para-hydroxylation sites is 1. The number of nitrogens with one attached hydrogen (secondary N) is 1. The van der Waals surface area contributed by atoms with Crippen LogP contribution in [-0.2, 0) is 11.3 Å². The van der Waals surface area contributed by atoms with Gasteiger partial charge in [-0.05, 0) is 29.2 Å². The summed E-state index contributed by atoms with van der Waals surface area (Å²) in [4.78, 5) is 24.7. The number of carbonyl (C=O) groups excluding carboxylic acids is 2. The first kappa shape index (κ1) is 20.4. The topological polar surface area (TPSA) is 90.0 Å². The molecule has 0 bridgehead atoms. The van der Waals surface area contributed by atoms with Crippen LogP contribution in [0.3, 0.4) is 0 Å². The highest BCUT2D eigenvalue weighted by Crippen LogP contribution is 2.24. The van der Waals surface area contributed by atoms with E-state index in [1.807, 2.05) is 0 Å². The number of hydrogen-bond acceptors (Lipinski definition) is 3. The Morgan fingerprint density at radius 2 is 1.79 bits per heavy atom. The van der Waals surface area contributed by atoms with Crippen LogP contribution < -0.4 is 11.1 Å². The summed E-state index contributed by atoms with van der Waals surface area (Å²) in [6.45, 7) is 5.46. The number of amides is 2. The lowest BCUT2D eigenvalue weighted by Gasteiger charge is -2.28. The second kappa shape index (κ2) is 7.62. The summed E-state index contributed by atoms with van der Waals surface area (Å²) in [5.41, 5.74) is 5.64. The Balaban J connectivity index is 2.02. The van der Waals surface area contributed by atoms with E-state index in [9.17, 15) is 18.4 Å². The third kappa shape index (κ3) is 4.26. The Labute approximate surface area is 166 Å². The maximum absolute atomic E-state index is 14.5. The van der Waals surface area contributed by atoms with Crippen LogP contribution in [-0.4, -0.2) is 27.6 Å². The number of fused-ring (bicyclic) bond motifs is 1. The number of carbonyl (C=O) groups is 2. The van der Waals surface area contributed by atoms with Gasteiger partial charge in [-0.1, -0.05) is 45.0 Å². The van der Waals surface area contributed by atoms with Crippen molar-refractivity contribution in [3.8, 4) is 0 Å². The van der Waals surface area contributed by atoms with E-state index in [2.05, 4.69) is 10.4 Å². The smallest absolute Gasteiger partial charge is 0.273 e. The summed E-state index contributed by atoms with van der Waals surface area (Å²) in [5.74, 6) is -2.23. The van der Waals surface area contributed by atoms with E-state index in [1.54, 1.807) is 39.0 Å². The minimum atomic E-state index is -0.930. The normalized spacial score (nSPS) is 12.7.